The van der Waals surface area contributed by atoms with E-state index in [-0.39, 0.29) is 5.91 Å². The van der Waals surface area contributed by atoms with Crippen LogP contribution in [0.25, 0.3) is 16.8 Å². The van der Waals surface area contributed by atoms with Crippen LogP contribution in [-0.4, -0.2) is 27.6 Å². The fourth-order valence-corrected chi connectivity index (χ4v) is 3.18. The number of carbonyl (C=O) groups excluding carboxylic acids is 1. The van der Waals surface area contributed by atoms with Crippen molar-refractivity contribution >= 4 is 28.8 Å². The number of para-hydroxylation sites is 1. The lowest BCUT2D eigenvalue weighted by Gasteiger charge is -2.10. The second kappa shape index (κ2) is 7.32. The molecule has 2 aromatic carbocycles. The molecule has 0 fully saturated rings. The molecule has 0 aliphatic carbocycles. The normalized spacial score (nSPS) is 10.8. The number of anilines is 1. The summed E-state index contributed by atoms with van der Waals surface area (Å²) >= 11 is 6.13. The molecule has 4 aromatic rings. The first-order chi connectivity index (χ1) is 13.6. The number of methoxy groups -OCH3 is 1. The maximum Gasteiger partial charge on any atom is 0.259 e. The summed E-state index contributed by atoms with van der Waals surface area (Å²) in [6.07, 6.45) is 3.30. The summed E-state index contributed by atoms with van der Waals surface area (Å²) in [6, 6.07) is 14.8. The van der Waals surface area contributed by atoms with Crippen molar-refractivity contribution in [2.45, 2.75) is 6.92 Å². The predicted octanol–water partition coefficient (Wildman–Crippen LogP) is 4.62. The SMILES string of the molecule is COc1ccc(-c2cnn3c(C)c(C(=O)Nc4ccccc4Cl)cnc23)cc1. The van der Waals surface area contributed by atoms with Gasteiger partial charge in [0.15, 0.2) is 5.65 Å². The summed E-state index contributed by atoms with van der Waals surface area (Å²) in [5.41, 5.74) is 4.19. The van der Waals surface area contributed by atoms with Crippen molar-refractivity contribution in [1.29, 1.82) is 0 Å². The molecule has 0 spiro atoms. The largest absolute Gasteiger partial charge is 0.497 e. The number of rotatable bonds is 4. The van der Waals surface area contributed by atoms with Crippen molar-refractivity contribution in [1.82, 2.24) is 14.6 Å². The highest BCUT2D eigenvalue weighted by Gasteiger charge is 2.17. The topological polar surface area (TPSA) is 68.5 Å². The van der Waals surface area contributed by atoms with Gasteiger partial charge in [0.1, 0.15) is 5.75 Å². The zero-order valence-electron chi connectivity index (χ0n) is 15.3. The standard InChI is InChI=1S/C21H17ClN4O2/c1-13-16(21(27)25-19-6-4-3-5-18(19)22)11-23-20-17(12-24-26(13)20)14-7-9-15(28-2)10-8-14/h3-12H,1-2H3,(H,25,27). The molecule has 1 N–H and O–H groups in total. The van der Waals surface area contributed by atoms with E-state index >= 15 is 0 Å². The highest BCUT2D eigenvalue weighted by Crippen LogP contribution is 2.27. The number of carbonyl (C=O) groups is 1. The quantitative estimate of drug-likeness (QED) is 0.550. The Hall–Kier alpha value is -3.38. The number of hydrogen-bond donors (Lipinski definition) is 1. The number of aryl methyl sites for hydroxylation is 1. The van der Waals surface area contributed by atoms with Crippen molar-refractivity contribution in [2.75, 3.05) is 12.4 Å². The number of aromatic nitrogens is 3. The van der Waals surface area contributed by atoms with Crippen LogP contribution in [0.2, 0.25) is 5.02 Å². The Bertz CT molecular complexity index is 1170. The molecule has 28 heavy (non-hydrogen) atoms. The molecule has 7 heteroatoms. The van der Waals surface area contributed by atoms with Gasteiger partial charge in [0.25, 0.3) is 5.91 Å². The minimum Gasteiger partial charge on any atom is -0.497 e. The van der Waals surface area contributed by atoms with Gasteiger partial charge in [-0.15, -0.1) is 0 Å². The fourth-order valence-electron chi connectivity index (χ4n) is 2.99. The molecular weight excluding hydrogens is 376 g/mol. The van der Waals surface area contributed by atoms with Crippen LogP contribution >= 0.6 is 11.6 Å². The second-order valence-corrected chi connectivity index (χ2v) is 6.62. The number of nitrogens with zero attached hydrogens (tertiary/aromatic N) is 3. The molecule has 0 unspecified atom stereocenters. The summed E-state index contributed by atoms with van der Waals surface area (Å²) in [6.45, 7) is 1.83. The van der Waals surface area contributed by atoms with Crippen molar-refractivity contribution in [3.8, 4) is 16.9 Å². The highest BCUT2D eigenvalue weighted by atomic mass is 35.5. The van der Waals surface area contributed by atoms with Crippen LogP contribution in [0, 0.1) is 6.92 Å². The van der Waals surface area contributed by atoms with Gasteiger partial charge >= 0.3 is 0 Å². The fraction of sp³-hybridized carbons (Fsp3) is 0.0952. The molecule has 1 amide bonds. The van der Waals surface area contributed by atoms with Gasteiger partial charge in [0.2, 0.25) is 0 Å². The monoisotopic (exact) mass is 392 g/mol. The molecule has 0 saturated carbocycles. The lowest BCUT2D eigenvalue weighted by Crippen LogP contribution is -2.16. The van der Waals surface area contributed by atoms with Gasteiger partial charge in [0.05, 0.1) is 35.3 Å². The average molecular weight is 393 g/mol. The average Bonchev–Trinajstić information content (AvgIpc) is 3.15. The van der Waals surface area contributed by atoms with Gasteiger partial charge in [-0.05, 0) is 36.8 Å². The third-order valence-corrected chi connectivity index (χ3v) is 4.86. The predicted molar refractivity (Wildman–Crippen MR) is 109 cm³/mol. The maximum absolute atomic E-state index is 12.7. The van der Waals surface area contributed by atoms with Crippen LogP contribution in [0.15, 0.2) is 60.9 Å². The van der Waals surface area contributed by atoms with Crippen LogP contribution in [0.1, 0.15) is 16.1 Å². The number of benzene rings is 2. The van der Waals surface area contributed by atoms with Gasteiger partial charge in [0, 0.05) is 11.8 Å². The Labute approximate surface area is 166 Å². The van der Waals surface area contributed by atoms with E-state index in [1.54, 1.807) is 42.2 Å². The number of hydrogen-bond acceptors (Lipinski definition) is 4. The van der Waals surface area contributed by atoms with E-state index < -0.39 is 0 Å². The Balaban J connectivity index is 1.70. The van der Waals surface area contributed by atoms with Crippen LogP contribution in [-0.2, 0) is 0 Å². The summed E-state index contributed by atoms with van der Waals surface area (Å²) in [5, 5.41) is 7.71. The van der Waals surface area contributed by atoms with Crippen LogP contribution in [0.3, 0.4) is 0 Å². The third kappa shape index (κ3) is 3.18. The lowest BCUT2D eigenvalue weighted by atomic mass is 10.1. The smallest absolute Gasteiger partial charge is 0.259 e. The molecule has 0 aliphatic heterocycles. The molecular formula is C21H17ClN4O2. The van der Waals surface area contributed by atoms with Crippen LogP contribution in [0.5, 0.6) is 5.75 Å². The maximum atomic E-state index is 12.7. The van der Waals surface area contributed by atoms with Gasteiger partial charge in [-0.2, -0.15) is 5.10 Å². The number of fused-ring (bicyclic) bond motifs is 1. The van der Waals surface area contributed by atoms with Crippen molar-refractivity contribution in [3.63, 3.8) is 0 Å². The number of nitrogens with one attached hydrogen (secondary N) is 1. The first-order valence-electron chi connectivity index (χ1n) is 8.62. The summed E-state index contributed by atoms with van der Waals surface area (Å²) in [7, 11) is 1.63. The van der Waals surface area contributed by atoms with E-state index in [9.17, 15) is 4.79 Å². The Morgan fingerprint density at radius 2 is 1.86 bits per heavy atom. The Morgan fingerprint density at radius 3 is 2.57 bits per heavy atom. The molecule has 0 saturated heterocycles. The number of amides is 1. The summed E-state index contributed by atoms with van der Waals surface area (Å²) in [4.78, 5) is 17.2. The molecule has 0 bridgehead atoms. The minimum atomic E-state index is -0.290. The minimum absolute atomic E-state index is 0.290. The first-order valence-corrected chi connectivity index (χ1v) is 9.00. The highest BCUT2D eigenvalue weighted by molar-refractivity contribution is 6.33. The van der Waals surface area contributed by atoms with Crippen LogP contribution < -0.4 is 10.1 Å². The molecule has 0 radical (unpaired) electrons. The molecule has 0 aliphatic rings. The Morgan fingerprint density at radius 1 is 1.11 bits per heavy atom. The van der Waals surface area contributed by atoms with E-state index in [0.717, 1.165) is 16.9 Å². The zero-order chi connectivity index (χ0) is 19.7. The van der Waals surface area contributed by atoms with Gasteiger partial charge in [-0.25, -0.2) is 9.50 Å². The molecule has 140 valence electrons. The van der Waals surface area contributed by atoms with E-state index in [0.29, 0.717) is 27.6 Å². The van der Waals surface area contributed by atoms with Crippen LogP contribution in [0.4, 0.5) is 5.69 Å². The third-order valence-electron chi connectivity index (χ3n) is 4.53. The molecule has 6 nitrogen and oxygen atoms in total. The van der Waals surface area contributed by atoms with Gasteiger partial charge in [-0.1, -0.05) is 35.9 Å². The van der Waals surface area contributed by atoms with Crippen molar-refractivity contribution in [3.05, 3.63) is 77.2 Å². The van der Waals surface area contributed by atoms with Gasteiger partial charge < -0.3 is 10.1 Å². The number of ether oxygens (including phenoxy) is 1. The summed E-state index contributed by atoms with van der Waals surface area (Å²) in [5.74, 6) is 0.490. The van der Waals surface area contributed by atoms with Gasteiger partial charge in [-0.3, -0.25) is 4.79 Å². The molecule has 0 atom stereocenters. The molecule has 4 rings (SSSR count). The molecule has 2 aromatic heterocycles. The van der Waals surface area contributed by atoms with E-state index in [1.165, 1.54) is 0 Å². The second-order valence-electron chi connectivity index (χ2n) is 6.21. The molecule has 2 heterocycles. The Kier molecular flexibility index (Phi) is 4.71. The van der Waals surface area contributed by atoms with E-state index in [4.69, 9.17) is 16.3 Å². The van der Waals surface area contributed by atoms with Crippen molar-refractivity contribution < 1.29 is 9.53 Å². The van der Waals surface area contributed by atoms with E-state index in [1.807, 2.05) is 37.3 Å². The first kappa shape index (κ1) is 18.0. The summed E-state index contributed by atoms with van der Waals surface area (Å²) < 4.78 is 6.87. The zero-order valence-corrected chi connectivity index (χ0v) is 16.1. The van der Waals surface area contributed by atoms with E-state index in [2.05, 4.69) is 15.4 Å². The lowest BCUT2D eigenvalue weighted by molar-refractivity contribution is 0.102. The van der Waals surface area contributed by atoms with Crippen molar-refractivity contribution in [2.24, 2.45) is 0 Å². The number of halogens is 1.